The molecular weight excluding hydrogens is 470 g/mol. The molecule has 168 valence electrons. The molecule has 2 heterocycles. The van der Waals surface area contributed by atoms with E-state index in [9.17, 15) is 13.2 Å². The van der Waals surface area contributed by atoms with Gasteiger partial charge in [0.1, 0.15) is 4.90 Å². The summed E-state index contributed by atoms with van der Waals surface area (Å²) < 4.78 is 37.8. The van der Waals surface area contributed by atoms with Crippen LogP contribution >= 0.6 is 22.9 Å². The van der Waals surface area contributed by atoms with Gasteiger partial charge >= 0.3 is 0 Å². The molecule has 0 saturated heterocycles. The number of carbonyl (C=O) groups is 1. The molecule has 1 aliphatic rings. The maximum atomic E-state index is 13.3. The van der Waals surface area contributed by atoms with Crippen molar-refractivity contribution in [2.45, 2.75) is 42.1 Å². The summed E-state index contributed by atoms with van der Waals surface area (Å²) in [5, 5.41) is 4.80. The lowest BCUT2D eigenvalue weighted by molar-refractivity contribution is -0.116. The van der Waals surface area contributed by atoms with Crippen molar-refractivity contribution in [3.63, 3.8) is 0 Å². The van der Waals surface area contributed by atoms with Crippen LogP contribution < -0.4 is 14.8 Å². The minimum atomic E-state index is -3.82. The topological polar surface area (TPSA) is 81.7 Å². The van der Waals surface area contributed by atoms with Gasteiger partial charge in [0.15, 0.2) is 11.5 Å². The number of carbonyl (C=O) groups excluding carboxylic acids is 1. The predicted octanol–water partition coefficient (Wildman–Crippen LogP) is 5.50. The fraction of sp³-hybridized carbons (Fsp3) is 0.261. The molecule has 0 spiro atoms. The van der Waals surface area contributed by atoms with Crippen LogP contribution in [0, 0.1) is 0 Å². The van der Waals surface area contributed by atoms with Gasteiger partial charge in [-0.25, -0.2) is 8.42 Å². The Morgan fingerprint density at radius 1 is 1.12 bits per heavy atom. The van der Waals surface area contributed by atoms with Gasteiger partial charge in [0.25, 0.3) is 0 Å². The van der Waals surface area contributed by atoms with E-state index in [1.165, 1.54) is 35.6 Å². The zero-order chi connectivity index (χ0) is 23.0. The van der Waals surface area contributed by atoms with Crippen LogP contribution in [0.5, 0.6) is 11.5 Å². The zero-order valence-electron chi connectivity index (χ0n) is 17.7. The van der Waals surface area contributed by atoms with Crippen molar-refractivity contribution < 1.29 is 22.7 Å². The highest BCUT2D eigenvalue weighted by molar-refractivity contribution is 7.91. The lowest BCUT2D eigenvalue weighted by atomic mass is 9.90. The Morgan fingerprint density at radius 2 is 1.84 bits per heavy atom. The molecule has 2 aromatic carbocycles. The largest absolute Gasteiger partial charge is 0.493 e. The molecule has 0 aliphatic carbocycles. The minimum Gasteiger partial charge on any atom is -0.493 e. The molecule has 1 aliphatic heterocycles. The normalized spacial score (nSPS) is 15.9. The van der Waals surface area contributed by atoms with E-state index in [0.29, 0.717) is 22.2 Å². The van der Waals surface area contributed by atoms with Crippen molar-refractivity contribution in [1.82, 2.24) is 0 Å². The SMILES string of the molecule is COc1cc([C@H]2CC(=O)Nc3c(S(=O)(=O)c4ccc(Cl)cc4)csc32)ccc1OC(C)C. The first-order chi connectivity index (χ1) is 15.2. The summed E-state index contributed by atoms with van der Waals surface area (Å²) in [6, 6.07) is 11.5. The molecule has 3 aromatic rings. The Hall–Kier alpha value is -2.55. The number of anilines is 1. The molecule has 4 rings (SSSR count). The molecule has 0 bridgehead atoms. The fourth-order valence-electron chi connectivity index (χ4n) is 3.66. The van der Waals surface area contributed by atoms with E-state index in [1.807, 2.05) is 32.0 Å². The Labute approximate surface area is 196 Å². The average Bonchev–Trinajstić information content (AvgIpc) is 3.18. The van der Waals surface area contributed by atoms with E-state index in [1.54, 1.807) is 12.5 Å². The van der Waals surface area contributed by atoms with Crippen molar-refractivity contribution in [3.05, 3.63) is 63.3 Å². The van der Waals surface area contributed by atoms with Gasteiger partial charge in [0.2, 0.25) is 15.7 Å². The summed E-state index contributed by atoms with van der Waals surface area (Å²) in [5.41, 5.74) is 1.19. The van der Waals surface area contributed by atoms with Crippen molar-refractivity contribution in [3.8, 4) is 11.5 Å². The Morgan fingerprint density at radius 3 is 2.50 bits per heavy atom. The second-order valence-electron chi connectivity index (χ2n) is 7.68. The molecule has 0 radical (unpaired) electrons. The smallest absolute Gasteiger partial charge is 0.225 e. The van der Waals surface area contributed by atoms with Gasteiger partial charge in [0, 0.05) is 27.6 Å². The van der Waals surface area contributed by atoms with Crippen molar-refractivity contribution in [2.75, 3.05) is 12.4 Å². The number of hydrogen-bond acceptors (Lipinski definition) is 6. The highest BCUT2D eigenvalue weighted by Crippen LogP contribution is 2.47. The zero-order valence-corrected chi connectivity index (χ0v) is 20.1. The summed E-state index contributed by atoms with van der Waals surface area (Å²) in [4.78, 5) is 13.6. The summed E-state index contributed by atoms with van der Waals surface area (Å²) >= 11 is 7.22. The first-order valence-electron chi connectivity index (χ1n) is 9.97. The molecule has 0 fully saturated rings. The van der Waals surface area contributed by atoms with Gasteiger partial charge in [-0.1, -0.05) is 17.7 Å². The van der Waals surface area contributed by atoms with E-state index in [0.717, 1.165) is 10.4 Å². The maximum absolute atomic E-state index is 13.3. The first-order valence-corrected chi connectivity index (χ1v) is 12.7. The molecule has 1 atom stereocenters. The van der Waals surface area contributed by atoms with Gasteiger partial charge < -0.3 is 14.8 Å². The number of nitrogens with one attached hydrogen (secondary N) is 1. The summed E-state index contributed by atoms with van der Waals surface area (Å²) in [6.45, 7) is 3.86. The Balaban J connectivity index is 1.77. The standard InChI is InChI=1S/C23H22ClNO5S2/c1-13(2)30-18-9-4-14(10-19(18)29-3)17-11-21(26)25-22-20(12-31-23(17)22)32(27,28)16-7-5-15(24)6-8-16/h4-10,12-13,17H,11H2,1-3H3,(H,25,26)/t17-/m1/s1. The summed E-state index contributed by atoms with van der Waals surface area (Å²) in [5.74, 6) is 0.646. The summed E-state index contributed by atoms with van der Waals surface area (Å²) in [6.07, 6.45) is 0.196. The molecule has 0 saturated carbocycles. The Kier molecular flexibility index (Phi) is 6.20. The third-order valence-electron chi connectivity index (χ3n) is 5.12. The fourth-order valence-corrected chi connectivity index (χ4v) is 6.70. The van der Waals surface area contributed by atoms with Gasteiger partial charge in [-0.2, -0.15) is 0 Å². The van der Waals surface area contributed by atoms with Crippen molar-refractivity contribution in [2.24, 2.45) is 0 Å². The third kappa shape index (κ3) is 4.22. The van der Waals surface area contributed by atoms with Crippen LogP contribution in [-0.2, 0) is 14.6 Å². The lowest BCUT2D eigenvalue weighted by Gasteiger charge is -2.24. The van der Waals surface area contributed by atoms with Gasteiger partial charge in [-0.05, 0) is 55.8 Å². The number of sulfone groups is 1. The van der Waals surface area contributed by atoms with Crippen LogP contribution in [-0.4, -0.2) is 27.5 Å². The molecule has 1 aromatic heterocycles. The van der Waals surface area contributed by atoms with E-state index in [4.69, 9.17) is 21.1 Å². The maximum Gasteiger partial charge on any atom is 0.225 e. The van der Waals surface area contributed by atoms with E-state index in [2.05, 4.69) is 5.32 Å². The highest BCUT2D eigenvalue weighted by atomic mass is 35.5. The molecule has 32 heavy (non-hydrogen) atoms. The molecular formula is C23H22ClNO5S2. The number of amides is 1. The van der Waals surface area contributed by atoms with Crippen LogP contribution in [0.15, 0.2) is 57.6 Å². The number of methoxy groups -OCH3 is 1. The number of halogens is 1. The second-order valence-corrected chi connectivity index (χ2v) is 10.9. The van der Waals surface area contributed by atoms with Crippen molar-refractivity contribution >= 4 is 44.4 Å². The van der Waals surface area contributed by atoms with E-state index >= 15 is 0 Å². The number of ether oxygens (including phenoxy) is 2. The number of hydrogen-bond donors (Lipinski definition) is 1. The highest BCUT2D eigenvalue weighted by Gasteiger charge is 2.34. The first kappa shape index (κ1) is 22.6. The minimum absolute atomic E-state index is 0.0141. The number of thiophene rings is 1. The average molecular weight is 492 g/mol. The summed E-state index contributed by atoms with van der Waals surface area (Å²) in [7, 11) is -2.26. The third-order valence-corrected chi connectivity index (χ3v) is 8.41. The van der Waals surface area contributed by atoms with E-state index in [-0.39, 0.29) is 34.1 Å². The monoisotopic (exact) mass is 491 g/mol. The van der Waals surface area contributed by atoms with Crippen LogP contribution in [0.25, 0.3) is 0 Å². The second kappa shape index (κ2) is 8.77. The van der Waals surface area contributed by atoms with Crippen LogP contribution in [0.1, 0.15) is 36.6 Å². The molecule has 6 nitrogen and oxygen atoms in total. The molecule has 0 unspecified atom stereocenters. The van der Waals surface area contributed by atoms with Gasteiger partial charge in [0.05, 0.1) is 23.8 Å². The van der Waals surface area contributed by atoms with Crippen molar-refractivity contribution in [1.29, 1.82) is 0 Å². The number of fused-ring (bicyclic) bond motifs is 1. The predicted molar refractivity (Wildman–Crippen MR) is 125 cm³/mol. The van der Waals surface area contributed by atoms with Crippen LogP contribution in [0.2, 0.25) is 5.02 Å². The van der Waals surface area contributed by atoms with Crippen LogP contribution in [0.4, 0.5) is 5.69 Å². The van der Waals surface area contributed by atoms with Crippen LogP contribution in [0.3, 0.4) is 0 Å². The lowest BCUT2D eigenvalue weighted by Crippen LogP contribution is -2.23. The number of benzene rings is 2. The molecule has 9 heteroatoms. The van der Waals surface area contributed by atoms with Gasteiger partial charge in [-0.15, -0.1) is 11.3 Å². The molecule has 1 N–H and O–H groups in total. The quantitative estimate of drug-likeness (QED) is 0.492. The molecule has 1 amide bonds. The van der Waals surface area contributed by atoms with E-state index < -0.39 is 9.84 Å². The number of rotatable bonds is 6. The van der Waals surface area contributed by atoms with Gasteiger partial charge in [-0.3, -0.25) is 4.79 Å². The Bertz CT molecular complexity index is 1270.